The maximum Gasteiger partial charge on any atom is 0.270 e. The summed E-state index contributed by atoms with van der Waals surface area (Å²) in [7, 11) is 0. The first-order valence-corrected chi connectivity index (χ1v) is 12.3. The highest BCUT2D eigenvalue weighted by atomic mass is 32.2. The van der Waals surface area contributed by atoms with Crippen LogP contribution in [0.2, 0.25) is 0 Å². The molecule has 2 amide bonds. The van der Waals surface area contributed by atoms with Gasteiger partial charge in [0.2, 0.25) is 5.91 Å². The van der Waals surface area contributed by atoms with Gasteiger partial charge in [-0.3, -0.25) is 19.7 Å². The van der Waals surface area contributed by atoms with Gasteiger partial charge in [0.25, 0.3) is 11.6 Å². The zero-order valence-electron chi connectivity index (χ0n) is 20.3. The van der Waals surface area contributed by atoms with E-state index in [1.165, 1.54) is 48.2 Å². The fourth-order valence-electron chi connectivity index (χ4n) is 3.51. The van der Waals surface area contributed by atoms with E-state index >= 15 is 0 Å². The Kier molecular flexibility index (Phi) is 8.75. The number of nitro benzene ring substituents is 1. The molecule has 0 aliphatic rings. The van der Waals surface area contributed by atoms with Gasteiger partial charge in [0.15, 0.2) is 11.0 Å². The Morgan fingerprint density at radius 2 is 1.92 bits per heavy atom. The third-order valence-corrected chi connectivity index (χ3v) is 6.45. The van der Waals surface area contributed by atoms with E-state index in [1.807, 2.05) is 25.3 Å². The van der Waals surface area contributed by atoms with Crippen LogP contribution < -0.4 is 10.6 Å². The van der Waals surface area contributed by atoms with Crippen LogP contribution in [0.1, 0.15) is 48.6 Å². The van der Waals surface area contributed by atoms with Crippen molar-refractivity contribution in [2.75, 3.05) is 11.1 Å². The van der Waals surface area contributed by atoms with Crippen LogP contribution in [0.5, 0.6) is 0 Å². The molecule has 1 atom stereocenters. The van der Waals surface area contributed by atoms with E-state index in [0.717, 1.165) is 0 Å². The molecular weight excluding hydrogens is 487 g/mol. The molecule has 0 radical (unpaired) electrons. The number of aromatic nitrogens is 3. The number of nitro groups is 1. The maximum atomic E-state index is 13.7. The molecule has 10 nitrogen and oxygen atoms in total. The third kappa shape index (κ3) is 6.25. The Morgan fingerprint density at radius 1 is 1.19 bits per heavy atom. The number of nitrogens with zero attached hydrogens (tertiary/aromatic N) is 4. The first-order chi connectivity index (χ1) is 17.1. The summed E-state index contributed by atoms with van der Waals surface area (Å²) in [6.45, 7) is 7.80. The molecule has 0 bridgehead atoms. The molecule has 3 rings (SSSR count). The van der Waals surface area contributed by atoms with Gasteiger partial charge >= 0.3 is 0 Å². The zero-order chi connectivity index (χ0) is 26.4. The van der Waals surface area contributed by atoms with Crippen molar-refractivity contribution in [1.82, 2.24) is 20.1 Å². The van der Waals surface area contributed by atoms with Crippen molar-refractivity contribution in [2.45, 2.75) is 45.4 Å². The van der Waals surface area contributed by atoms with E-state index in [2.05, 4.69) is 20.8 Å². The molecule has 2 N–H and O–H groups in total. The highest BCUT2D eigenvalue weighted by Crippen LogP contribution is 2.26. The number of benzene rings is 2. The average molecular weight is 515 g/mol. The summed E-state index contributed by atoms with van der Waals surface area (Å²) < 4.78 is 15.5. The van der Waals surface area contributed by atoms with E-state index in [0.29, 0.717) is 28.8 Å². The average Bonchev–Trinajstić information content (AvgIpc) is 3.26. The van der Waals surface area contributed by atoms with Crippen molar-refractivity contribution in [3.8, 4) is 0 Å². The van der Waals surface area contributed by atoms with Gasteiger partial charge in [-0.2, -0.15) is 0 Å². The van der Waals surface area contributed by atoms with Gasteiger partial charge in [0.1, 0.15) is 5.82 Å². The van der Waals surface area contributed by atoms with Crippen LogP contribution in [0.3, 0.4) is 0 Å². The van der Waals surface area contributed by atoms with Crippen molar-refractivity contribution in [1.29, 1.82) is 0 Å². The largest absolute Gasteiger partial charge is 0.342 e. The van der Waals surface area contributed by atoms with Gasteiger partial charge < -0.3 is 15.2 Å². The predicted molar refractivity (Wildman–Crippen MR) is 134 cm³/mol. The number of amides is 2. The molecule has 0 unspecified atom stereocenters. The molecule has 0 saturated heterocycles. The van der Waals surface area contributed by atoms with Gasteiger partial charge in [0, 0.05) is 35.5 Å². The Morgan fingerprint density at radius 3 is 2.58 bits per heavy atom. The van der Waals surface area contributed by atoms with Crippen molar-refractivity contribution < 1.29 is 18.9 Å². The van der Waals surface area contributed by atoms with Crippen LogP contribution in [0.15, 0.2) is 47.6 Å². The molecular formula is C24H27FN6O4S. The van der Waals surface area contributed by atoms with E-state index < -0.39 is 22.7 Å². The van der Waals surface area contributed by atoms with Crippen molar-refractivity contribution in [2.24, 2.45) is 5.92 Å². The minimum absolute atomic E-state index is 0.0282. The van der Waals surface area contributed by atoms with Crippen LogP contribution in [0.25, 0.3) is 0 Å². The molecule has 12 heteroatoms. The second-order valence-electron chi connectivity index (χ2n) is 8.34. The molecule has 190 valence electrons. The molecule has 2 aromatic carbocycles. The fraction of sp³-hybridized carbons (Fsp3) is 0.333. The highest BCUT2D eigenvalue weighted by molar-refractivity contribution is 7.99. The number of halogens is 1. The van der Waals surface area contributed by atoms with Crippen LogP contribution in [0.4, 0.5) is 15.8 Å². The normalized spacial score (nSPS) is 11.8. The lowest BCUT2D eigenvalue weighted by Gasteiger charge is -2.22. The standard InChI is InChI=1S/C24H27FN6O4S/c1-5-30-22(21(14(2)3)27-23(33)16-8-6-9-17(12-16)31(34)35)28-29-24(30)36-13-20(32)26-19-11-7-10-18(25)15(19)4/h6-12,14,21H,5,13H2,1-4H3,(H,26,32)(H,27,33)/t21-/m0/s1. The predicted octanol–water partition coefficient (Wildman–Crippen LogP) is 4.51. The highest BCUT2D eigenvalue weighted by Gasteiger charge is 2.26. The summed E-state index contributed by atoms with van der Waals surface area (Å²) >= 11 is 1.18. The Bertz CT molecular complexity index is 1280. The third-order valence-electron chi connectivity index (χ3n) is 5.49. The van der Waals surface area contributed by atoms with Crippen LogP contribution in [0, 0.1) is 28.8 Å². The summed E-state index contributed by atoms with van der Waals surface area (Å²) in [6, 6.07) is 9.46. The maximum absolute atomic E-state index is 13.7. The Hall–Kier alpha value is -3.80. The lowest BCUT2D eigenvalue weighted by Crippen LogP contribution is -2.33. The van der Waals surface area contributed by atoms with Crippen molar-refractivity contribution in [3.63, 3.8) is 0 Å². The molecule has 0 aliphatic heterocycles. The van der Waals surface area contributed by atoms with E-state index in [4.69, 9.17) is 0 Å². The smallest absolute Gasteiger partial charge is 0.270 e. The van der Waals surface area contributed by atoms with E-state index in [-0.39, 0.29) is 28.8 Å². The molecule has 36 heavy (non-hydrogen) atoms. The van der Waals surface area contributed by atoms with E-state index in [9.17, 15) is 24.1 Å². The second-order valence-corrected chi connectivity index (χ2v) is 9.28. The van der Waals surface area contributed by atoms with Gasteiger partial charge in [-0.25, -0.2) is 4.39 Å². The topological polar surface area (TPSA) is 132 Å². The Balaban J connectivity index is 1.74. The molecule has 0 spiro atoms. The molecule has 1 aromatic heterocycles. The number of nitrogens with one attached hydrogen (secondary N) is 2. The Labute approximate surface area is 211 Å². The minimum atomic E-state index is -0.556. The summed E-state index contributed by atoms with van der Waals surface area (Å²) in [6.07, 6.45) is 0. The number of carbonyl (C=O) groups is 2. The fourth-order valence-corrected chi connectivity index (χ4v) is 4.32. The first kappa shape index (κ1) is 26.8. The molecule has 0 aliphatic carbocycles. The van der Waals surface area contributed by atoms with Gasteiger partial charge in [-0.05, 0) is 38.0 Å². The van der Waals surface area contributed by atoms with Crippen molar-refractivity contribution in [3.05, 3.63) is 75.3 Å². The lowest BCUT2D eigenvalue weighted by atomic mass is 10.0. The molecule has 1 heterocycles. The quantitative estimate of drug-likeness (QED) is 0.231. The lowest BCUT2D eigenvalue weighted by molar-refractivity contribution is -0.384. The number of hydrogen-bond acceptors (Lipinski definition) is 7. The number of hydrogen-bond donors (Lipinski definition) is 2. The SMILES string of the molecule is CCn1c(SCC(=O)Nc2cccc(F)c2C)nnc1[C@@H](NC(=O)c1cccc([N+](=O)[O-])c1)C(C)C. The number of thioether (sulfide) groups is 1. The van der Waals surface area contributed by atoms with Crippen molar-refractivity contribution >= 4 is 35.0 Å². The van der Waals surface area contributed by atoms with Gasteiger partial charge in [0.05, 0.1) is 16.7 Å². The van der Waals surface area contributed by atoms with Gasteiger partial charge in [-0.15, -0.1) is 10.2 Å². The van der Waals surface area contributed by atoms with E-state index in [1.54, 1.807) is 13.0 Å². The second kappa shape index (κ2) is 11.8. The summed E-state index contributed by atoms with van der Waals surface area (Å²) in [5.41, 5.74) is 0.748. The molecule has 0 saturated carbocycles. The minimum Gasteiger partial charge on any atom is -0.342 e. The summed E-state index contributed by atoms with van der Waals surface area (Å²) in [4.78, 5) is 35.8. The number of non-ortho nitro benzene ring substituents is 1. The number of carbonyl (C=O) groups excluding carboxylic acids is 2. The van der Waals surface area contributed by atoms with Crippen LogP contribution in [-0.4, -0.2) is 37.3 Å². The zero-order valence-corrected chi connectivity index (χ0v) is 21.1. The summed E-state index contributed by atoms with van der Waals surface area (Å²) in [5.74, 6) is -0.722. The van der Waals surface area contributed by atoms with Crippen LogP contribution in [-0.2, 0) is 11.3 Å². The van der Waals surface area contributed by atoms with Crippen LogP contribution >= 0.6 is 11.8 Å². The van der Waals surface area contributed by atoms with Gasteiger partial charge in [-0.1, -0.05) is 37.7 Å². The molecule has 3 aromatic rings. The number of rotatable bonds is 10. The monoisotopic (exact) mass is 514 g/mol. The first-order valence-electron chi connectivity index (χ1n) is 11.3. The summed E-state index contributed by atoms with van der Waals surface area (Å²) in [5, 5.41) is 25.7. The number of anilines is 1. The molecule has 0 fully saturated rings.